The molecule has 0 aliphatic rings. The molecule has 1 rings (SSSR count). The van der Waals surface area contributed by atoms with E-state index in [0.29, 0.717) is 5.56 Å². The highest BCUT2D eigenvalue weighted by Gasteiger charge is 2.32. The molecule has 1 aromatic rings. The first-order valence-electron chi connectivity index (χ1n) is 14.2. The van der Waals surface area contributed by atoms with Crippen LogP contribution in [0.4, 0.5) is 0 Å². The van der Waals surface area contributed by atoms with Crippen LogP contribution in [0.1, 0.15) is 51.5 Å². The maximum absolute atomic E-state index is 13.6. The number of amides is 6. The topological polar surface area (TPSA) is 286 Å². The number of carbonyl (C=O) groups excluding carboxylic acids is 6. The fourth-order valence-electron chi connectivity index (χ4n) is 4.06. The number of phenolic OH excluding ortho intramolecular Hbond substituents is 1. The molecule has 250 valence electrons. The molecule has 0 heterocycles. The molecule has 6 amide bonds. The van der Waals surface area contributed by atoms with E-state index in [-0.39, 0.29) is 55.9 Å². The van der Waals surface area contributed by atoms with Crippen molar-refractivity contribution in [2.45, 2.75) is 82.6 Å². The SMILES string of the molecule is CC(C)C[C@H](NC(=O)[C@H](CCC(N)=O)NC(=O)[C@@H](N)CS)C(=O)N[C@@H](Cc1ccc(O)cc1)C(=O)N[C@@H](CCC(N)=O)C(=O)O. The number of nitrogens with one attached hydrogen (secondary N) is 4. The Morgan fingerprint density at radius 3 is 1.67 bits per heavy atom. The lowest BCUT2D eigenvalue weighted by molar-refractivity contribution is -0.142. The van der Waals surface area contributed by atoms with Crippen LogP contribution in [-0.2, 0) is 40.0 Å². The van der Waals surface area contributed by atoms with Gasteiger partial charge in [-0.2, -0.15) is 12.6 Å². The van der Waals surface area contributed by atoms with Gasteiger partial charge in [-0.3, -0.25) is 28.8 Å². The van der Waals surface area contributed by atoms with Crippen LogP contribution in [0.15, 0.2) is 24.3 Å². The first kappa shape index (κ1) is 38.6. The summed E-state index contributed by atoms with van der Waals surface area (Å²) in [6.07, 6.45) is -1.10. The molecule has 0 aliphatic carbocycles. The Balaban J connectivity index is 3.29. The minimum Gasteiger partial charge on any atom is -0.508 e. The van der Waals surface area contributed by atoms with Gasteiger partial charge in [0.2, 0.25) is 35.4 Å². The smallest absolute Gasteiger partial charge is 0.326 e. The van der Waals surface area contributed by atoms with E-state index in [9.17, 15) is 43.8 Å². The molecule has 0 spiro atoms. The van der Waals surface area contributed by atoms with Crippen molar-refractivity contribution in [1.29, 1.82) is 0 Å². The van der Waals surface area contributed by atoms with Crippen LogP contribution >= 0.6 is 12.6 Å². The van der Waals surface area contributed by atoms with Crippen molar-refractivity contribution in [3.05, 3.63) is 29.8 Å². The van der Waals surface area contributed by atoms with Crippen LogP contribution in [0.3, 0.4) is 0 Å². The lowest BCUT2D eigenvalue weighted by Crippen LogP contribution is -2.59. The van der Waals surface area contributed by atoms with Crippen molar-refractivity contribution in [2.75, 3.05) is 5.75 Å². The fourth-order valence-corrected chi connectivity index (χ4v) is 4.22. The van der Waals surface area contributed by atoms with Gasteiger partial charge < -0.3 is 48.7 Å². The van der Waals surface area contributed by atoms with E-state index < -0.39 is 71.6 Å². The summed E-state index contributed by atoms with van der Waals surface area (Å²) in [5.41, 5.74) is 16.5. The minimum atomic E-state index is -1.49. The number of phenols is 1. The maximum Gasteiger partial charge on any atom is 0.326 e. The highest BCUT2D eigenvalue weighted by atomic mass is 32.1. The summed E-state index contributed by atoms with van der Waals surface area (Å²) >= 11 is 3.96. The van der Waals surface area contributed by atoms with Gasteiger partial charge in [0.05, 0.1) is 6.04 Å². The third-order valence-corrected chi connectivity index (χ3v) is 6.88. The Labute approximate surface area is 266 Å². The number of carbonyl (C=O) groups is 7. The van der Waals surface area contributed by atoms with Crippen LogP contribution in [0, 0.1) is 5.92 Å². The standard InChI is InChI=1S/C28H43N7O9S/c1-14(2)11-20(34-25(40)18(7-9-22(30)37)32-24(39)17(29)13-45)26(41)35-21(12-15-3-5-16(36)6-4-15)27(42)33-19(28(43)44)8-10-23(31)38/h3-6,14,17-21,36,45H,7-13,29H2,1-2H3,(H2,30,37)(H2,31,38)(H,32,39)(H,33,42)(H,34,40)(H,35,41)(H,43,44)/t17-,18-,19-,20-,21-/m0/s1. The van der Waals surface area contributed by atoms with Crippen molar-refractivity contribution in [2.24, 2.45) is 23.1 Å². The Bertz CT molecular complexity index is 1210. The molecule has 17 heteroatoms. The number of thiol groups is 1. The number of carboxylic acids is 1. The van der Waals surface area contributed by atoms with E-state index in [1.165, 1.54) is 24.3 Å². The van der Waals surface area contributed by atoms with Crippen LogP contribution in [-0.4, -0.2) is 87.6 Å². The van der Waals surface area contributed by atoms with E-state index in [1.807, 2.05) is 0 Å². The van der Waals surface area contributed by atoms with E-state index in [1.54, 1.807) is 13.8 Å². The summed E-state index contributed by atoms with van der Waals surface area (Å²) in [4.78, 5) is 86.8. The van der Waals surface area contributed by atoms with E-state index in [2.05, 4.69) is 33.9 Å². The molecule has 12 N–H and O–H groups in total. The summed E-state index contributed by atoms with van der Waals surface area (Å²) in [7, 11) is 0. The first-order valence-corrected chi connectivity index (χ1v) is 14.8. The number of hydrogen-bond acceptors (Lipinski definition) is 10. The highest BCUT2D eigenvalue weighted by Crippen LogP contribution is 2.13. The van der Waals surface area contributed by atoms with Gasteiger partial charge in [0.15, 0.2) is 0 Å². The Morgan fingerprint density at radius 1 is 0.733 bits per heavy atom. The average Bonchev–Trinajstić information content (AvgIpc) is 2.96. The van der Waals surface area contributed by atoms with Crippen molar-refractivity contribution in [3.63, 3.8) is 0 Å². The lowest BCUT2D eigenvalue weighted by atomic mass is 10.00. The van der Waals surface area contributed by atoms with E-state index >= 15 is 0 Å². The monoisotopic (exact) mass is 653 g/mol. The average molecular weight is 654 g/mol. The number of primary amides is 2. The molecule has 45 heavy (non-hydrogen) atoms. The van der Waals surface area contributed by atoms with Crippen LogP contribution in [0.2, 0.25) is 0 Å². The second-order valence-corrected chi connectivity index (χ2v) is 11.2. The van der Waals surface area contributed by atoms with Gasteiger partial charge in [0, 0.05) is 25.0 Å². The molecule has 0 saturated carbocycles. The zero-order valence-electron chi connectivity index (χ0n) is 25.2. The Hall–Kier alpha value is -4.38. The van der Waals surface area contributed by atoms with E-state index in [4.69, 9.17) is 17.2 Å². The van der Waals surface area contributed by atoms with Crippen molar-refractivity contribution in [1.82, 2.24) is 21.3 Å². The predicted molar refractivity (Wildman–Crippen MR) is 165 cm³/mol. The van der Waals surface area contributed by atoms with Gasteiger partial charge >= 0.3 is 5.97 Å². The molecule has 5 atom stereocenters. The van der Waals surface area contributed by atoms with Crippen LogP contribution in [0.25, 0.3) is 0 Å². The second-order valence-electron chi connectivity index (χ2n) is 10.9. The molecule has 1 aromatic carbocycles. The lowest BCUT2D eigenvalue weighted by Gasteiger charge is -2.27. The van der Waals surface area contributed by atoms with Gasteiger partial charge in [-0.1, -0.05) is 26.0 Å². The molecule has 0 unspecified atom stereocenters. The number of aliphatic carboxylic acids is 1. The van der Waals surface area contributed by atoms with Gasteiger partial charge in [0.1, 0.15) is 29.9 Å². The van der Waals surface area contributed by atoms with Gasteiger partial charge in [-0.25, -0.2) is 4.79 Å². The normalized spacial score (nSPS) is 14.2. The number of carboxylic acid groups (broad SMARTS) is 1. The number of benzene rings is 1. The summed E-state index contributed by atoms with van der Waals surface area (Å²) in [6.45, 7) is 3.56. The first-order chi connectivity index (χ1) is 21.0. The number of nitrogens with two attached hydrogens (primary N) is 3. The molecule has 0 aliphatic heterocycles. The highest BCUT2D eigenvalue weighted by molar-refractivity contribution is 7.80. The quantitative estimate of drug-likeness (QED) is 0.0677. The molecular formula is C28H43N7O9S. The summed E-state index contributed by atoms with van der Waals surface area (Å²) in [5.74, 6) is -6.35. The molecule has 0 fully saturated rings. The number of aromatic hydroxyl groups is 1. The molecule has 16 nitrogen and oxygen atoms in total. The number of rotatable bonds is 20. The molecule has 0 radical (unpaired) electrons. The minimum absolute atomic E-state index is 0.0237. The molecule has 0 saturated heterocycles. The Kier molecular flexibility index (Phi) is 16.4. The van der Waals surface area contributed by atoms with Crippen LogP contribution in [0.5, 0.6) is 5.75 Å². The molecule has 0 bridgehead atoms. The van der Waals surface area contributed by atoms with Gasteiger partial charge in [-0.15, -0.1) is 0 Å². The predicted octanol–water partition coefficient (Wildman–Crippen LogP) is -2.21. The van der Waals surface area contributed by atoms with Crippen molar-refractivity contribution in [3.8, 4) is 5.75 Å². The van der Waals surface area contributed by atoms with Gasteiger partial charge in [0.25, 0.3) is 0 Å². The largest absolute Gasteiger partial charge is 0.508 e. The third kappa shape index (κ3) is 14.8. The summed E-state index contributed by atoms with van der Waals surface area (Å²) < 4.78 is 0. The third-order valence-electron chi connectivity index (χ3n) is 6.49. The fraction of sp³-hybridized carbons (Fsp3) is 0.536. The zero-order chi connectivity index (χ0) is 34.3. The Morgan fingerprint density at radius 2 is 1.18 bits per heavy atom. The molecule has 0 aromatic heterocycles. The van der Waals surface area contributed by atoms with Crippen molar-refractivity contribution >= 4 is 54.0 Å². The summed E-state index contributed by atoms with van der Waals surface area (Å²) in [5, 5.41) is 29.0. The zero-order valence-corrected chi connectivity index (χ0v) is 26.0. The summed E-state index contributed by atoms with van der Waals surface area (Å²) in [6, 6.07) is -0.695. The van der Waals surface area contributed by atoms with Crippen LogP contribution < -0.4 is 38.5 Å². The van der Waals surface area contributed by atoms with E-state index in [0.717, 1.165) is 0 Å². The molecular weight excluding hydrogens is 610 g/mol. The second kappa shape index (κ2) is 19.1. The van der Waals surface area contributed by atoms with Gasteiger partial charge in [-0.05, 0) is 42.9 Å². The maximum atomic E-state index is 13.6. The van der Waals surface area contributed by atoms with Crippen molar-refractivity contribution < 1.29 is 43.8 Å². The number of hydrogen-bond donors (Lipinski definition) is 10.